The second-order valence-corrected chi connectivity index (χ2v) is 5.39. The number of carbonyl (C=O) groups is 2. The minimum absolute atomic E-state index is 0.0263. The third-order valence-electron chi connectivity index (χ3n) is 3.65. The molecule has 2 aromatic carbocycles. The molecular formula is C18H18FNO4. The fraction of sp³-hybridized carbons (Fsp3) is 0.222. The maximum absolute atomic E-state index is 13.5. The number of carbonyl (C=O) groups excluding carboxylic acids is 1. The summed E-state index contributed by atoms with van der Waals surface area (Å²) in [4.78, 5) is 24.7. The Hall–Kier alpha value is -2.89. The van der Waals surface area contributed by atoms with Crippen LogP contribution >= 0.6 is 0 Å². The number of carboxylic acid groups (broad SMARTS) is 1. The summed E-state index contributed by atoms with van der Waals surface area (Å²) in [7, 11) is 1.32. The van der Waals surface area contributed by atoms with Crippen LogP contribution in [0.25, 0.3) is 0 Å². The Balaban J connectivity index is 2.16. The van der Waals surface area contributed by atoms with E-state index in [0.717, 1.165) is 16.5 Å². The van der Waals surface area contributed by atoms with Crippen LogP contribution in [-0.2, 0) is 16.1 Å². The maximum atomic E-state index is 13.5. The van der Waals surface area contributed by atoms with Gasteiger partial charge >= 0.3 is 12.1 Å². The molecular weight excluding hydrogens is 313 g/mol. The molecule has 126 valence electrons. The molecule has 1 unspecified atom stereocenters. The van der Waals surface area contributed by atoms with Gasteiger partial charge in [0.2, 0.25) is 0 Å². The number of nitrogens with zero attached hydrogens (tertiary/aromatic N) is 1. The molecule has 0 aliphatic rings. The normalized spacial score (nSPS) is 11.6. The molecule has 5 nitrogen and oxygen atoms in total. The van der Waals surface area contributed by atoms with Crippen molar-refractivity contribution in [1.29, 1.82) is 0 Å². The lowest BCUT2D eigenvalue weighted by Crippen LogP contribution is -2.36. The van der Waals surface area contributed by atoms with Crippen LogP contribution < -0.4 is 0 Å². The average molecular weight is 331 g/mol. The van der Waals surface area contributed by atoms with Crippen LogP contribution in [-0.4, -0.2) is 29.1 Å². The van der Waals surface area contributed by atoms with Crippen molar-refractivity contribution in [3.8, 4) is 0 Å². The first-order chi connectivity index (χ1) is 11.4. The molecule has 1 amide bonds. The maximum Gasteiger partial charge on any atom is 0.410 e. The van der Waals surface area contributed by atoms with E-state index in [1.54, 1.807) is 19.1 Å². The number of hydrogen-bond donors (Lipinski definition) is 1. The Labute approximate surface area is 139 Å². The van der Waals surface area contributed by atoms with Crippen LogP contribution in [0.5, 0.6) is 0 Å². The van der Waals surface area contributed by atoms with Gasteiger partial charge in [0, 0.05) is 7.05 Å². The number of benzene rings is 2. The molecule has 1 N–H and O–H groups in total. The standard InChI is InChI=1S/C18H18FNO4/c1-12-8-9-14(19)10-15(12)16(17(21)22)20(2)18(23)24-11-13-6-4-3-5-7-13/h3-10,16H,11H2,1-2H3,(H,21,22). The van der Waals surface area contributed by atoms with E-state index < -0.39 is 23.9 Å². The molecule has 24 heavy (non-hydrogen) atoms. The highest BCUT2D eigenvalue weighted by atomic mass is 19.1. The Morgan fingerprint density at radius 1 is 1.21 bits per heavy atom. The Morgan fingerprint density at radius 2 is 1.88 bits per heavy atom. The van der Waals surface area contributed by atoms with Gasteiger partial charge in [0.25, 0.3) is 0 Å². The zero-order chi connectivity index (χ0) is 17.7. The van der Waals surface area contributed by atoms with Gasteiger partial charge in [-0.3, -0.25) is 4.90 Å². The zero-order valence-electron chi connectivity index (χ0n) is 13.4. The van der Waals surface area contributed by atoms with E-state index >= 15 is 0 Å². The molecule has 0 radical (unpaired) electrons. The van der Waals surface area contributed by atoms with E-state index in [4.69, 9.17) is 4.74 Å². The van der Waals surface area contributed by atoms with Crippen molar-refractivity contribution in [3.05, 3.63) is 71.0 Å². The van der Waals surface area contributed by atoms with Crippen molar-refractivity contribution >= 4 is 12.1 Å². The van der Waals surface area contributed by atoms with Gasteiger partial charge in [-0.2, -0.15) is 0 Å². The first-order valence-electron chi connectivity index (χ1n) is 7.32. The fourth-order valence-corrected chi connectivity index (χ4v) is 2.34. The van der Waals surface area contributed by atoms with E-state index in [-0.39, 0.29) is 12.2 Å². The third kappa shape index (κ3) is 4.10. The minimum atomic E-state index is -1.33. The zero-order valence-corrected chi connectivity index (χ0v) is 13.4. The van der Waals surface area contributed by atoms with Gasteiger partial charge in [-0.05, 0) is 35.7 Å². The number of likely N-dealkylation sites (N-methyl/N-ethyl adjacent to an activating group) is 1. The number of ether oxygens (including phenoxy) is 1. The average Bonchev–Trinajstić information content (AvgIpc) is 2.56. The van der Waals surface area contributed by atoms with E-state index in [9.17, 15) is 19.1 Å². The molecule has 1 atom stereocenters. The van der Waals surface area contributed by atoms with Crippen molar-refractivity contribution in [1.82, 2.24) is 4.90 Å². The third-order valence-corrected chi connectivity index (χ3v) is 3.65. The Kier molecular flexibility index (Phi) is 5.52. The molecule has 0 spiro atoms. The molecule has 0 saturated heterocycles. The number of rotatable bonds is 5. The summed E-state index contributed by atoms with van der Waals surface area (Å²) in [5.74, 6) is -1.82. The Morgan fingerprint density at radius 3 is 2.50 bits per heavy atom. The van der Waals surface area contributed by atoms with Crippen LogP contribution in [0.4, 0.5) is 9.18 Å². The highest BCUT2D eigenvalue weighted by Crippen LogP contribution is 2.25. The van der Waals surface area contributed by atoms with Gasteiger partial charge < -0.3 is 9.84 Å². The Bertz CT molecular complexity index is 733. The minimum Gasteiger partial charge on any atom is -0.479 e. The molecule has 2 rings (SSSR count). The SMILES string of the molecule is Cc1ccc(F)cc1C(C(=O)O)N(C)C(=O)OCc1ccccc1. The molecule has 0 aliphatic carbocycles. The van der Waals surface area contributed by atoms with Crippen LogP contribution in [0, 0.1) is 12.7 Å². The summed E-state index contributed by atoms with van der Waals surface area (Å²) in [5.41, 5.74) is 1.57. The fourth-order valence-electron chi connectivity index (χ4n) is 2.34. The van der Waals surface area contributed by atoms with E-state index in [1.165, 1.54) is 19.2 Å². The van der Waals surface area contributed by atoms with Gasteiger partial charge in [0.1, 0.15) is 12.4 Å². The summed E-state index contributed by atoms with van der Waals surface area (Å²) in [6, 6.07) is 11.5. The molecule has 0 saturated carbocycles. The molecule has 0 heterocycles. The van der Waals surface area contributed by atoms with Crippen LogP contribution in [0.3, 0.4) is 0 Å². The molecule has 0 fully saturated rings. The van der Waals surface area contributed by atoms with E-state index in [0.29, 0.717) is 5.56 Å². The molecule has 6 heteroatoms. The number of carboxylic acids is 1. The van der Waals surface area contributed by atoms with Crippen molar-refractivity contribution in [2.24, 2.45) is 0 Å². The van der Waals surface area contributed by atoms with Gasteiger partial charge in [-0.15, -0.1) is 0 Å². The monoisotopic (exact) mass is 331 g/mol. The summed E-state index contributed by atoms with van der Waals surface area (Å²) < 4.78 is 18.6. The lowest BCUT2D eigenvalue weighted by atomic mass is 10.0. The van der Waals surface area contributed by atoms with Gasteiger partial charge in [-0.25, -0.2) is 14.0 Å². The summed E-state index contributed by atoms with van der Waals surface area (Å²) in [5, 5.41) is 9.47. The number of hydrogen-bond acceptors (Lipinski definition) is 3. The molecule has 0 bridgehead atoms. The largest absolute Gasteiger partial charge is 0.479 e. The smallest absolute Gasteiger partial charge is 0.410 e. The van der Waals surface area contributed by atoms with Crippen molar-refractivity contribution in [2.75, 3.05) is 7.05 Å². The predicted molar refractivity (Wildman–Crippen MR) is 85.9 cm³/mol. The molecule has 2 aromatic rings. The van der Waals surface area contributed by atoms with Crippen molar-refractivity contribution < 1.29 is 23.8 Å². The van der Waals surface area contributed by atoms with Crippen LogP contribution in [0.15, 0.2) is 48.5 Å². The first kappa shape index (κ1) is 17.5. The summed E-state index contributed by atoms with van der Waals surface area (Å²) in [6.45, 7) is 1.69. The first-order valence-corrected chi connectivity index (χ1v) is 7.32. The second-order valence-electron chi connectivity index (χ2n) is 5.39. The highest BCUT2D eigenvalue weighted by molar-refractivity contribution is 5.81. The number of halogens is 1. The molecule has 0 aromatic heterocycles. The van der Waals surface area contributed by atoms with Crippen molar-refractivity contribution in [2.45, 2.75) is 19.6 Å². The quantitative estimate of drug-likeness (QED) is 0.910. The number of amides is 1. The lowest BCUT2D eigenvalue weighted by Gasteiger charge is -2.25. The highest BCUT2D eigenvalue weighted by Gasteiger charge is 2.30. The summed E-state index contributed by atoms with van der Waals surface area (Å²) >= 11 is 0. The molecule has 0 aliphatic heterocycles. The van der Waals surface area contributed by atoms with Crippen molar-refractivity contribution in [3.63, 3.8) is 0 Å². The van der Waals surface area contributed by atoms with Gasteiger partial charge in [-0.1, -0.05) is 36.4 Å². The van der Waals surface area contributed by atoms with Crippen LogP contribution in [0.2, 0.25) is 0 Å². The van der Waals surface area contributed by atoms with E-state index in [2.05, 4.69) is 0 Å². The predicted octanol–water partition coefficient (Wildman–Crippen LogP) is 3.53. The van der Waals surface area contributed by atoms with Crippen LogP contribution in [0.1, 0.15) is 22.7 Å². The summed E-state index contributed by atoms with van der Waals surface area (Å²) in [6.07, 6.45) is -0.796. The number of aliphatic carboxylic acids is 1. The van der Waals surface area contributed by atoms with Gasteiger partial charge in [0.05, 0.1) is 0 Å². The lowest BCUT2D eigenvalue weighted by molar-refractivity contribution is -0.142. The van der Waals surface area contributed by atoms with E-state index in [1.807, 2.05) is 18.2 Å². The second kappa shape index (κ2) is 7.59. The topological polar surface area (TPSA) is 66.8 Å². The van der Waals surface area contributed by atoms with Gasteiger partial charge in [0.15, 0.2) is 6.04 Å². The number of aryl methyl sites for hydroxylation is 1.